The summed E-state index contributed by atoms with van der Waals surface area (Å²) in [7, 11) is 0. The maximum Gasteiger partial charge on any atom is 0.270 e. The number of primary amides is 1. The summed E-state index contributed by atoms with van der Waals surface area (Å²) >= 11 is 0. The SMILES string of the molecule is NC(=O)C1CCN(C(=O)CCCC(=O)N2CCN(C(=O)c3cc4ccccc4[nH]3)CC2)CC1. The number of carbonyl (C=O) groups is 4. The molecule has 1 aromatic carbocycles. The maximum atomic E-state index is 12.8. The number of hydrogen-bond acceptors (Lipinski definition) is 4. The number of likely N-dealkylation sites (tertiary alicyclic amines) is 1. The molecule has 0 saturated carbocycles. The number of aromatic nitrogens is 1. The van der Waals surface area contributed by atoms with Crippen molar-refractivity contribution in [3.05, 3.63) is 36.0 Å². The molecule has 3 heterocycles. The van der Waals surface area contributed by atoms with Crippen LogP contribution in [0.1, 0.15) is 42.6 Å². The van der Waals surface area contributed by atoms with E-state index in [0.29, 0.717) is 77.1 Å². The predicted octanol–water partition coefficient (Wildman–Crippen LogP) is 1.35. The first-order valence-electron chi connectivity index (χ1n) is 11.6. The van der Waals surface area contributed by atoms with E-state index < -0.39 is 0 Å². The quantitative estimate of drug-likeness (QED) is 0.686. The van der Waals surface area contributed by atoms with E-state index in [1.807, 2.05) is 30.3 Å². The lowest BCUT2D eigenvalue weighted by Crippen LogP contribution is -2.50. The Morgan fingerprint density at radius 2 is 1.42 bits per heavy atom. The third kappa shape index (κ3) is 5.35. The zero-order valence-electron chi connectivity index (χ0n) is 18.8. The van der Waals surface area contributed by atoms with E-state index in [2.05, 4.69) is 4.98 Å². The molecule has 2 aromatic rings. The lowest BCUT2D eigenvalue weighted by Gasteiger charge is -2.34. The molecule has 9 heteroatoms. The van der Waals surface area contributed by atoms with Gasteiger partial charge in [0, 0.05) is 68.9 Å². The molecule has 1 aromatic heterocycles. The molecule has 2 aliphatic rings. The molecular formula is C24H31N5O4. The highest BCUT2D eigenvalue weighted by atomic mass is 16.2. The molecule has 4 amide bonds. The molecule has 4 rings (SSSR count). The van der Waals surface area contributed by atoms with E-state index in [-0.39, 0.29) is 29.5 Å². The molecule has 0 radical (unpaired) electrons. The Bertz CT molecular complexity index is 999. The average molecular weight is 454 g/mol. The van der Waals surface area contributed by atoms with Gasteiger partial charge in [0.15, 0.2) is 0 Å². The van der Waals surface area contributed by atoms with E-state index in [9.17, 15) is 19.2 Å². The lowest BCUT2D eigenvalue weighted by molar-refractivity contribution is -0.136. The maximum absolute atomic E-state index is 12.8. The van der Waals surface area contributed by atoms with Crippen molar-refractivity contribution in [3.8, 4) is 0 Å². The van der Waals surface area contributed by atoms with Gasteiger partial charge in [0.25, 0.3) is 5.91 Å². The van der Waals surface area contributed by atoms with Crippen molar-refractivity contribution in [3.63, 3.8) is 0 Å². The van der Waals surface area contributed by atoms with E-state index in [1.54, 1.807) is 14.7 Å². The van der Waals surface area contributed by atoms with Crippen molar-refractivity contribution < 1.29 is 19.2 Å². The Labute approximate surface area is 192 Å². The summed E-state index contributed by atoms with van der Waals surface area (Å²) < 4.78 is 0. The van der Waals surface area contributed by atoms with Gasteiger partial charge in [0.05, 0.1) is 0 Å². The minimum atomic E-state index is -0.296. The van der Waals surface area contributed by atoms with Gasteiger partial charge in [-0.05, 0) is 31.4 Å². The summed E-state index contributed by atoms with van der Waals surface area (Å²) in [5.41, 5.74) is 6.83. The van der Waals surface area contributed by atoms with Crippen LogP contribution in [0.2, 0.25) is 0 Å². The number of amides is 4. The van der Waals surface area contributed by atoms with Gasteiger partial charge in [-0.3, -0.25) is 19.2 Å². The van der Waals surface area contributed by atoms with Gasteiger partial charge in [0.2, 0.25) is 17.7 Å². The largest absolute Gasteiger partial charge is 0.369 e. The van der Waals surface area contributed by atoms with Crippen LogP contribution in [0, 0.1) is 5.92 Å². The highest BCUT2D eigenvalue weighted by molar-refractivity contribution is 5.98. The number of hydrogen-bond donors (Lipinski definition) is 2. The van der Waals surface area contributed by atoms with Crippen LogP contribution in [0.25, 0.3) is 10.9 Å². The summed E-state index contributed by atoms with van der Waals surface area (Å²) in [5.74, 6) is -0.440. The number of para-hydroxylation sites is 1. The third-order valence-electron chi connectivity index (χ3n) is 6.71. The van der Waals surface area contributed by atoms with Crippen LogP contribution in [0.4, 0.5) is 0 Å². The molecule has 0 unspecified atom stereocenters. The van der Waals surface area contributed by atoms with Gasteiger partial charge in [-0.25, -0.2) is 0 Å². The number of aromatic amines is 1. The minimum absolute atomic E-state index is 0.0212. The van der Waals surface area contributed by atoms with Crippen LogP contribution in [0.15, 0.2) is 30.3 Å². The fourth-order valence-corrected chi connectivity index (χ4v) is 4.64. The van der Waals surface area contributed by atoms with Crippen molar-refractivity contribution in [1.29, 1.82) is 0 Å². The summed E-state index contributed by atoms with van der Waals surface area (Å²) in [6.07, 6.45) is 2.37. The molecule has 2 saturated heterocycles. The van der Waals surface area contributed by atoms with E-state index in [4.69, 9.17) is 5.73 Å². The number of fused-ring (bicyclic) bond motifs is 1. The fraction of sp³-hybridized carbons (Fsp3) is 0.500. The first kappa shape index (κ1) is 22.8. The molecule has 176 valence electrons. The molecule has 9 nitrogen and oxygen atoms in total. The van der Waals surface area contributed by atoms with Gasteiger partial charge in [0.1, 0.15) is 5.69 Å². The first-order valence-corrected chi connectivity index (χ1v) is 11.6. The number of nitrogens with zero attached hydrogens (tertiary/aromatic N) is 3. The van der Waals surface area contributed by atoms with Crippen molar-refractivity contribution >= 4 is 34.5 Å². The number of piperidine rings is 1. The number of benzene rings is 1. The number of rotatable bonds is 6. The summed E-state index contributed by atoms with van der Waals surface area (Å²) in [4.78, 5) is 57.5. The van der Waals surface area contributed by atoms with Gasteiger partial charge in [-0.1, -0.05) is 18.2 Å². The fourth-order valence-electron chi connectivity index (χ4n) is 4.64. The Morgan fingerprint density at radius 1 is 0.848 bits per heavy atom. The second-order valence-corrected chi connectivity index (χ2v) is 8.85. The molecule has 0 atom stereocenters. The molecule has 3 N–H and O–H groups in total. The molecule has 0 aliphatic carbocycles. The number of nitrogens with one attached hydrogen (secondary N) is 1. The number of nitrogens with two attached hydrogens (primary N) is 1. The molecule has 2 fully saturated rings. The third-order valence-corrected chi connectivity index (χ3v) is 6.71. The van der Waals surface area contributed by atoms with Crippen molar-refractivity contribution in [2.45, 2.75) is 32.1 Å². The highest BCUT2D eigenvalue weighted by Gasteiger charge is 2.27. The summed E-state index contributed by atoms with van der Waals surface area (Å²) in [6, 6.07) is 9.64. The van der Waals surface area contributed by atoms with Crippen molar-refractivity contribution in [2.24, 2.45) is 11.7 Å². The monoisotopic (exact) mass is 453 g/mol. The normalized spacial score (nSPS) is 17.4. The lowest BCUT2D eigenvalue weighted by atomic mass is 9.96. The Morgan fingerprint density at radius 3 is 2.03 bits per heavy atom. The van der Waals surface area contributed by atoms with Crippen molar-refractivity contribution in [1.82, 2.24) is 19.7 Å². The Hall–Kier alpha value is -3.36. The van der Waals surface area contributed by atoms with Crippen LogP contribution < -0.4 is 5.73 Å². The van der Waals surface area contributed by atoms with E-state index >= 15 is 0 Å². The van der Waals surface area contributed by atoms with Gasteiger partial charge < -0.3 is 25.4 Å². The Balaban J connectivity index is 1.18. The zero-order valence-corrected chi connectivity index (χ0v) is 18.8. The Kier molecular flexibility index (Phi) is 6.96. The van der Waals surface area contributed by atoms with Crippen LogP contribution in [-0.4, -0.2) is 82.6 Å². The number of piperazine rings is 1. The predicted molar refractivity (Wildman–Crippen MR) is 123 cm³/mol. The summed E-state index contributed by atoms with van der Waals surface area (Å²) in [5, 5.41) is 1.00. The zero-order chi connectivity index (χ0) is 23.4. The van der Waals surface area contributed by atoms with Gasteiger partial charge in [-0.15, -0.1) is 0 Å². The van der Waals surface area contributed by atoms with Crippen LogP contribution in [0.3, 0.4) is 0 Å². The topological polar surface area (TPSA) is 120 Å². The molecule has 0 spiro atoms. The van der Waals surface area contributed by atoms with Crippen LogP contribution in [0.5, 0.6) is 0 Å². The first-order chi connectivity index (χ1) is 15.9. The number of H-pyrrole nitrogens is 1. The molecule has 0 bridgehead atoms. The van der Waals surface area contributed by atoms with Crippen molar-refractivity contribution in [2.75, 3.05) is 39.3 Å². The number of carbonyl (C=O) groups excluding carboxylic acids is 4. The molecule has 33 heavy (non-hydrogen) atoms. The summed E-state index contributed by atoms with van der Waals surface area (Å²) in [6.45, 7) is 3.08. The highest BCUT2D eigenvalue weighted by Crippen LogP contribution is 2.19. The standard InChI is InChI=1S/C24H31N5O4/c25-23(32)17-8-10-27(11-9-17)21(30)6-3-7-22(31)28-12-14-29(15-13-28)24(33)20-16-18-4-1-2-5-19(18)26-20/h1-2,4-5,16-17,26H,3,6-15H2,(H2,25,32). The van der Waals surface area contributed by atoms with E-state index in [1.165, 1.54) is 0 Å². The molecule has 2 aliphatic heterocycles. The second kappa shape index (κ2) is 10.1. The van der Waals surface area contributed by atoms with Gasteiger partial charge in [-0.2, -0.15) is 0 Å². The van der Waals surface area contributed by atoms with E-state index in [0.717, 1.165) is 10.9 Å². The second-order valence-electron chi connectivity index (χ2n) is 8.85. The van der Waals surface area contributed by atoms with Crippen LogP contribution >= 0.6 is 0 Å². The minimum Gasteiger partial charge on any atom is -0.369 e. The molecular weight excluding hydrogens is 422 g/mol. The smallest absolute Gasteiger partial charge is 0.270 e. The van der Waals surface area contributed by atoms with Gasteiger partial charge >= 0.3 is 0 Å². The average Bonchev–Trinajstić information content (AvgIpc) is 3.28. The van der Waals surface area contributed by atoms with Crippen LogP contribution in [-0.2, 0) is 14.4 Å².